The molecule has 1 aromatic rings. The predicted octanol–water partition coefficient (Wildman–Crippen LogP) is 1.62. The molecule has 0 radical (unpaired) electrons. The number of carboxylic acid groups (broad SMARTS) is 1. The van der Waals surface area contributed by atoms with Gasteiger partial charge in [0.05, 0.1) is 24.4 Å². The van der Waals surface area contributed by atoms with Crippen LogP contribution in [0.15, 0.2) is 24.3 Å². The number of aromatic carboxylic acids is 1. The van der Waals surface area contributed by atoms with E-state index in [1.54, 1.807) is 19.2 Å². The van der Waals surface area contributed by atoms with Crippen molar-refractivity contribution in [3.63, 3.8) is 0 Å². The number of hydrogen-bond acceptors (Lipinski definition) is 4. The summed E-state index contributed by atoms with van der Waals surface area (Å²) in [6.07, 6.45) is 0.168. The van der Waals surface area contributed by atoms with Crippen molar-refractivity contribution in [2.24, 2.45) is 0 Å². The van der Waals surface area contributed by atoms with Crippen LogP contribution in [0.2, 0.25) is 0 Å². The van der Waals surface area contributed by atoms with Crippen molar-refractivity contribution in [1.29, 1.82) is 0 Å². The number of carboxylic acids is 1. The van der Waals surface area contributed by atoms with Gasteiger partial charge in [0.1, 0.15) is 0 Å². The van der Waals surface area contributed by atoms with Gasteiger partial charge >= 0.3 is 5.97 Å². The number of benzene rings is 1. The van der Waals surface area contributed by atoms with E-state index in [-0.39, 0.29) is 12.2 Å². The van der Waals surface area contributed by atoms with Gasteiger partial charge in [-0.05, 0) is 18.6 Å². The Bertz CT molecular complexity index is 463. The smallest absolute Gasteiger partial charge is 0.336 e. The predicted molar refractivity (Wildman–Crippen MR) is 74.9 cm³/mol. The average Bonchev–Trinajstić information content (AvgIpc) is 2.38. The molecular weight excluding hydrogens is 258 g/mol. The Morgan fingerprint density at radius 1 is 1.45 bits per heavy atom. The maximum atomic E-state index is 11.2. The number of ether oxygens (including phenoxy) is 2. The highest BCUT2D eigenvalue weighted by Gasteiger charge is 2.26. The molecule has 1 aliphatic heterocycles. The molecule has 2 unspecified atom stereocenters. The molecule has 1 aliphatic rings. The molecule has 1 aromatic carbocycles. The van der Waals surface area contributed by atoms with Gasteiger partial charge in [0.15, 0.2) is 0 Å². The van der Waals surface area contributed by atoms with Gasteiger partial charge in [-0.3, -0.25) is 4.90 Å². The molecule has 0 amide bonds. The molecule has 0 bridgehead atoms. The molecule has 0 spiro atoms. The van der Waals surface area contributed by atoms with Crippen molar-refractivity contribution < 1.29 is 19.4 Å². The number of carbonyl (C=O) groups is 1. The standard InChI is InChI=1S/C15H21NO4/c1-11-7-16(9-13(20-11)10-19-2)8-12-5-3-4-6-14(12)15(17)18/h3-6,11,13H,7-10H2,1-2H3,(H,17,18). The minimum Gasteiger partial charge on any atom is -0.478 e. The quantitative estimate of drug-likeness (QED) is 0.887. The summed E-state index contributed by atoms with van der Waals surface area (Å²) in [4.78, 5) is 13.5. The van der Waals surface area contributed by atoms with Crippen molar-refractivity contribution in [1.82, 2.24) is 4.90 Å². The van der Waals surface area contributed by atoms with Crippen LogP contribution < -0.4 is 0 Å². The fraction of sp³-hybridized carbons (Fsp3) is 0.533. The first-order valence-corrected chi connectivity index (χ1v) is 6.78. The molecule has 0 saturated carbocycles. The first-order valence-electron chi connectivity index (χ1n) is 6.78. The third-order valence-corrected chi connectivity index (χ3v) is 3.40. The highest BCUT2D eigenvalue weighted by Crippen LogP contribution is 2.17. The zero-order chi connectivity index (χ0) is 14.5. The van der Waals surface area contributed by atoms with Gasteiger partial charge in [-0.15, -0.1) is 0 Å². The Balaban J connectivity index is 2.07. The highest BCUT2D eigenvalue weighted by molar-refractivity contribution is 5.89. The lowest BCUT2D eigenvalue weighted by atomic mass is 10.1. The maximum Gasteiger partial charge on any atom is 0.336 e. The molecular formula is C15H21NO4. The van der Waals surface area contributed by atoms with E-state index in [0.29, 0.717) is 18.7 Å². The van der Waals surface area contributed by atoms with Gasteiger partial charge in [-0.25, -0.2) is 4.79 Å². The minimum absolute atomic E-state index is 0.0424. The lowest BCUT2D eigenvalue weighted by Crippen LogP contribution is -2.47. The first kappa shape index (κ1) is 15.0. The van der Waals surface area contributed by atoms with Crippen molar-refractivity contribution >= 4 is 5.97 Å². The lowest BCUT2D eigenvalue weighted by molar-refractivity contribution is -0.103. The maximum absolute atomic E-state index is 11.2. The number of hydrogen-bond donors (Lipinski definition) is 1. The third kappa shape index (κ3) is 3.79. The number of nitrogens with zero attached hydrogens (tertiary/aromatic N) is 1. The van der Waals surface area contributed by atoms with E-state index in [1.807, 2.05) is 19.1 Å². The molecule has 5 nitrogen and oxygen atoms in total. The van der Waals surface area contributed by atoms with Crippen LogP contribution in [0.5, 0.6) is 0 Å². The second-order valence-electron chi connectivity index (χ2n) is 5.18. The molecule has 2 rings (SSSR count). The van der Waals surface area contributed by atoms with Gasteiger partial charge < -0.3 is 14.6 Å². The van der Waals surface area contributed by atoms with Gasteiger partial charge in [-0.1, -0.05) is 18.2 Å². The third-order valence-electron chi connectivity index (χ3n) is 3.40. The largest absolute Gasteiger partial charge is 0.478 e. The number of rotatable bonds is 5. The first-order chi connectivity index (χ1) is 9.60. The molecule has 110 valence electrons. The normalized spacial score (nSPS) is 23.7. The Morgan fingerprint density at radius 2 is 2.20 bits per heavy atom. The fourth-order valence-corrected chi connectivity index (χ4v) is 2.66. The van der Waals surface area contributed by atoms with Crippen molar-refractivity contribution in [2.45, 2.75) is 25.7 Å². The second-order valence-corrected chi connectivity index (χ2v) is 5.18. The summed E-state index contributed by atoms with van der Waals surface area (Å²) in [7, 11) is 1.66. The van der Waals surface area contributed by atoms with Crippen LogP contribution in [0, 0.1) is 0 Å². The summed E-state index contributed by atoms with van der Waals surface area (Å²) in [6.45, 7) is 4.76. The average molecular weight is 279 g/mol. The Kier molecular flexibility index (Phi) is 5.11. The van der Waals surface area contributed by atoms with E-state index in [0.717, 1.165) is 18.7 Å². The van der Waals surface area contributed by atoms with E-state index >= 15 is 0 Å². The Hall–Kier alpha value is -1.43. The van der Waals surface area contributed by atoms with Gasteiger partial charge in [0.25, 0.3) is 0 Å². The summed E-state index contributed by atoms with van der Waals surface area (Å²) in [5.74, 6) is -0.879. The topological polar surface area (TPSA) is 59.0 Å². The van der Waals surface area contributed by atoms with E-state index < -0.39 is 5.97 Å². The van der Waals surface area contributed by atoms with Crippen molar-refractivity contribution in [3.8, 4) is 0 Å². The van der Waals surface area contributed by atoms with E-state index in [1.165, 1.54) is 0 Å². The molecule has 0 aliphatic carbocycles. The summed E-state index contributed by atoms with van der Waals surface area (Å²) >= 11 is 0. The summed E-state index contributed by atoms with van der Waals surface area (Å²) in [5, 5.41) is 9.22. The van der Waals surface area contributed by atoms with E-state index in [9.17, 15) is 9.90 Å². The molecule has 0 aromatic heterocycles. The second kappa shape index (κ2) is 6.83. The SMILES string of the molecule is COCC1CN(Cc2ccccc2C(=O)O)CC(C)O1. The van der Waals surface area contributed by atoms with E-state index in [2.05, 4.69) is 4.90 Å². The minimum atomic E-state index is -0.879. The van der Waals surface area contributed by atoms with Gasteiger partial charge in [0, 0.05) is 26.7 Å². The summed E-state index contributed by atoms with van der Waals surface area (Å²) < 4.78 is 10.9. The molecule has 1 saturated heterocycles. The van der Waals surface area contributed by atoms with Crippen LogP contribution >= 0.6 is 0 Å². The zero-order valence-corrected chi connectivity index (χ0v) is 11.9. The Labute approximate surface area is 119 Å². The molecule has 2 atom stereocenters. The van der Waals surface area contributed by atoms with Crippen LogP contribution in [-0.4, -0.2) is 55.0 Å². The summed E-state index contributed by atoms with van der Waals surface area (Å²) in [5.41, 5.74) is 1.21. The molecule has 1 fully saturated rings. The van der Waals surface area contributed by atoms with Crippen molar-refractivity contribution in [3.05, 3.63) is 35.4 Å². The number of morpholine rings is 1. The van der Waals surface area contributed by atoms with Crippen LogP contribution in [0.1, 0.15) is 22.8 Å². The van der Waals surface area contributed by atoms with Gasteiger partial charge in [-0.2, -0.15) is 0 Å². The fourth-order valence-electron chi connectivity index (χ4n) is 2.66. The molecule has 5 heteroatoms. The molecule has 20 heavy (non-hydrogen) atoms. The van der Waals surface area contributed by atoms with Crippen LogP contribution in [-0.2, 0) is 16.0 Å². The molecule has 1 heterocycles. The van der Waals surface area contributed by atoms with Crippen LogP contribution in [0.25, 0.3) is 0 Å². The van der Waals surface area contributed by atoms with Gasteiger partial charge in [0.2, 0.25) is 0 Å². The number of methoxy groups -OCH3 is 1. The Morgan fingerprint density at radius 3 is 2.90 bits per heavy atom. The highest BCUT2D eigenvalue weighted by atomic mass is 16.5. The summed E-state index contributed by atoms with van der Waals surface area (Å²) in [6, 6.07) is 7.14. The van der Waals surface area contributed by atoms with Crippen LogP contribution in [0.4, 0.5) is 0 Å². The monoisotopic (exact) mass is 279 g/mol. The van der Waals surface area contributed by atoms with Crippen molar-refractivity contribution in [2.75, 3.05) is 26.8 Å². The van der Waals surface area contributed by atoms with Crippen LogP contribution in [0.3, 0.4) is 0 Å². The lowest BCUT2D eigenvalue weighted by Gasteiger charge is -2.36. The molecule has 1 N–H and O–H groups in total. The zero-order valence-electron chi connectivity index (χ0n) is 11.9. The van der Waals surface area contributed by atoms with E-state index in [4.69, 9.17) is 9.47 Å².